The zero-order chi connectivity index (χ0) is 27.8. The molecule has 37 heavy (non-hydrogen) atoms. The molecule has 2 aromatic carbocycles. The highest BCUT2D eigenvalue weighted by atomic mass is 35.5. The Morgan fingerprint density at radius 1 is 1.11 bits per heavy atom. The highest BCUT2D eigenvalue weighted by molar-refractivity contribution is 7.92. The predicted molar refractivity (Wildman–Crippen MR) is 149 cm³/mol. The molecule has 2 rings (SSSR count). The molecule has 1 N–H and O–H groups in total. The molecule has 204 valence electrons. The van der Waals surface area contributed by atoms with Crippen LogP contribution in [0.15, 0.2) is 36.4 Å². The van der Waals surface area contributed by atoms with Crippen molar-refractivity contribution in [1.29, 1.82) is 0 Å². The van der Waals surface area contributed by atoms with E-state index in [0.717, 1.165) is 29.0 Å². The van der Waals surface area contributed by atoms with Crippen LogP contribution in [0.4, 0.5) is 5.69 Å². The van der Waals surface area contributed by atoms with Gasteiger partial charge in [-0.2, -0.15) is 0 Å². The van der Waals surface area contributed by atoms with E-state index in [1.54, 1.807) is 43.3 Å². The van der Waals surface area contributed by atoms with Crippen LogP contribution in [-0.2, 0) is 26.2 Å². The lowest BCUT2D eigenvalue weighted by Gasteiger charge is -2.33. The minimum Gasteiger partial charge on any atom is -0.495 e. The number of methoxy groups -OCH3 is 1. The average molecular weight is 573 g/mol. The Morgan fingerprint density at radius 3 is 2.30 bits per heavy atom. The summed E-state index contributed by atoms with van der Waals surface area (Å²) >= 11 is 12.8. The number of carbonyl (C=O) groups excluding carboxylic acids is 2. The van der Waals surface area contributed by atoms with Crippen molar-refractivity contribution in [3.8, 4) is 5.75 Å². The lowest BCUT2D eigenvalue weighted by atomic mass is 10.1. The fourth-order valence-electron chi connectivity index (χ4n) is 3.87. The molecule has 0 bridgehead atoms. The largest absolute Gasteiger partial charge is 0.495 e. The van der Waals surface area contributed by atoms with Gasteiger partial charge in [-0.25, -0.2) is 8.42 Å². The van der Waals surface area contributed by atoms with Crippen LogP contribution in [0.3, 0.4) is 0 Å². The summed E-state index contributed by atoms with van der Waals surface area (Å²) in [6, 6.07) is 9.18. The molecule has 0 radical (unpaired) electrons. The molecule has 0 heterocycles. The highest BCUT2D eigenvalue weighted by Crippen LogP contribution is 2.32. The van der Waals surface area contributed by atoms with Crippen molar-refractivity contribution in [2.75, 3.05) is 30.8 Å². The SMILES string of the molecule is CCCCNC(=O)C(CC)N(Cc1c(Cl)cccc1Cl)C(=O)CN(c1cc(C)ccc1OC)S(C)(=O)=O. The fraction of sp³-hybridized carbons (Fsp3) is 0.462. The van der Waals surface area contributed by atoms with E-state index in [9.17, 15) is 18.0 Å². The molecule has 0 aliphatic heterocycles. The second kappa shape index (κ2) is 13.9. The number of nitrogens with zero attached hydrogens (tertiary/aromatic N) is 2. The van der Waals surface area contributed by atoms with Gasteiger partial charge in [0.15, 0.2) is 0 Å². The number of anilines is 1. The second-order valence-electron chi connectivity index (χ2n) is 8.74. The Morgan fingerprint density at radius 2 is 1.76 bits per heavy atom. The molecule has 2 amide bonds. The number of hydrogen-bond donors (Lipinski definition) is 1. The number of sulfonamides is 1. The van der Waals surface area contributed by atoms with Crippen molar-refractivity contribution in [2.24, 2.45) is 0 Å². The van der Waals surface area contributed by atoms with Gasteiger partial charge in [0, 0.05) is 28.7 Å². The summed E-state index contributed by atoms with van der Waals surface area (Å²) < 4.78 is 32.1. The lowest BCUT2D eigenvalue weighted by Crippen LogP contribution is -2.52. The third-order valence-corrected chi connectivity index (χ3v) is 7.72. The van der Waals surface area contributed by atoms with Crippen LogP contribution >= 0.6 is 23.2 Å². The Labute approximate surface area is 229 Å². The van der Waals surface area contributed by atoms with Crippen molar-refractivity contribution in [3.05, 3.63) is 57.6 Å². The summed E-state index contributed by atoms with van der Waals surface area (Å²) in [5, 5.41) is 3.55. The quantitative estimate of drug-likeness (QED) is 0.348. The van der Waals surface area contributed by atoms with E-state index in [1.165, 1.54) is 12.0 Å². The molecule has 0 fully saturated rings. The van der Waals surface area contributed by atoms with Crippen LogP contribution < -0.4 is 14.4 Å². The van der Waals surface area contributed by atoms with E-state index in [4.69, 9.17) is 27.9 Å². The minimum atomic E-state index is -3.90. The number of hydrogen-bond acceptors (Lipinski definition) is 5. The van der Waals surface area contributed by atoms with Crippen LogP contribution in [0.2, 0.25) is 10.0 Å². The summed E-state index contributed by atoms with van der Waals surface area (Å²) in [6.45, 7) is 5.47. The van der Waals surface area contributed by atoms with Gasteiger partial charge in [-0.1, -0.05) is 55.6 Å². The number of ether oxygens (including phenoxy) is 1. The maximum Gasteiger partial charge on any atom is 0.244 e. The van der Waals surface area contributed by atoms with Gasteiger partial charge in [-0.3, -0.25) is 13.9 Å². The first kappa shape index (κ1) is 30.7. The number of amides is 2. The van der Waals surface area contributed by atoms with Crippen LogP contribution in [0.25, 0.3) is 0 Å². The topological polar surface area (TPSA) is 96.0 Å². The molecule has 8 nitrogen and oxygen atoms in total. The van der Waals surface area contributed by atoms with Crippen molar-refractivity contribution < 1.29 is 22.7 Å². The van der Waals surface area contributed by atoms with Gasteiger partial charge in [0.1, 0.15) is 18.3 Å². The molecular formula is C26H35Cl2N3O5S. The Balaban J connectivity index is 2.53. The molecule has 0 saturated heterocycles. The summed E-state index contributed by atoms with van der Waals surface area (Å²) in [7, 11) is -2.48. The van der Waals surface area contributed by atoms with E-state index < -0.39 is 28.5 Å². The molecule has 2 aromatic rings. The molecule has 0 saturated carbocycles. The van der Waals surface area contributed by atoms with Gasteiger partial charge in [-0.05, 0) is 49.6 Å². The number of rotatable bonds is 13. The molecule has 0 aliphatic carbocycles. The number of unbranched alkanes of at least 4 members (excludes halogenated alkanes) is 1. The van der Waals surface area contributed by atoms with E-state index in [0.29, 0.717) is 34.3 Å². The van der Waals surface area contributed by atoms with Gasteiger partial charge >= 0.3 is 0 Å². The van der Waals surface area contributed by atoms with Gasteiger partial charge in [0.25, 0.3) is 0 Å². The first-order chi connectivity index (χ1) is 17.4. The third-order valence-electron chi connectivity index (χ3n) is 5.89. The number of nitrogens with one attached hydrogen (secondary N) is 1. The summed E-state index contributed by atoms with van der Waals surface area (Å²) in [5.41, 5.74) is 1.49. The Bertz CT molecular complexity index is 1190. The molecule has 1 atom stereocenters. The normalized spacial score (nSPS) is 12.1. The van der Waals surface area contributed by atoms with E-state index in [1.807, 2.05) is 13.8 Å². The van der Waals surface area contributed by atoms with Crippen molar-refractivity contribution in [3.63, 3.8) is 0 Å². The Hall–Kier alpha value is -2.49. The van der Waals surface area contributed by atoms with Crippen molar-refractivity contribution >= 4 is 50.7 Å². The smallest absolute Gasteiger partial charge is 0.244 e. The number of halogens is 2. The summed E-state index contributed by atoms with van der Waals surface area (Å²) in [6.07, 6.45) is 3.02. The van der Waals surface area contributed by atoms with Crippen LogP contribution in [0.5, 0.6) is 5.75 Å². The molecule has 0 aromatic heterocycles. The average Bonchev–Trinajstić information content (AvgIpc) is 2.83. The van der Waals surface area contributed by atoms with Crippen LogP contribution in [0.1, 0.15) is 44.2 Å². The number of benzene rings is 2. The van der Waals surface area contributed by atoms with Crippen LogP contribution in [0, 0.1) is 6.92 Å². The summed E-state index contributed by atoms with van der Waals surface area (Å²) in [4.78, 5) is 28.3. The first-order valence-electron chi connectivity index (χ1n) is 12.1. The van der Waals surface area contributed by atoms with E-state index in [-0.39, 0.29) is 18.1 Å². The van der Waals surface area contributed by atoms with Gasteiger partial charge in [0.2, 0.25) is 21.8 Å². The second-order valence-corrected chi connectivity index (χ2v) is 11.5. The Kier molecular flexibility index (Phi) is 11.5. The predicted octanol–water partition coefficient (Wildman–Crippen LogP) is 4.80. The molecular weight excluding hydrogens is 537 g/mol. The van der Waals surface area contributed by atoms with Crippen LogP contribution in [-0.4, -0.2) is 57.6 Å². The monoisotopic (exact) mass is 571 g/mol. The zero-order valence-electron chi connectivity index (χ0n) is 21.9. The van der Waals surface area contributed by atoms with Crippen molar-refractivity contribution in [2.45, 2.75) is 52.6 Å². The van der Waals surface area contributed by atoms with E-state index in [2.05, 4.69) is 5.32 Å². The minimum absolute atomic E-state index is 0.0698. The van der Waals surface area contributed by atoms with Gasteiger partial charge in [0.05, 0.1) is 19.1 Å². The number of aryl methyl sites for hydroxylation is 1. The fourth-order valence-corrected chi connectivity index (χ4v) is 5.23. The molecule has 11 heteroatoms. The maximum absolute atomic E-state index is 13.8. The highest BCUT2D eigenvalue weighted by Gasteiger charge is 2.33. The first-order valence-corrected chi connectivity index (χ1v) is 14.7. The third kappa shape index (κ3) is 8.25. The lowest BCUT2D eigenvalue weighted by molar-refractivity contribution is -0.140. The summed E-state index contributed by atoms with van der Waals surface area (Å²) in [5.74, 6) is -0.608. The molecule has 0 spiro atoms. The van der Waals surface area contributed by atoms with Gasteiger partial charge < -0.3 is 15.0 Å². The molecule has 1 unspecified atom stereocenters. The standard InChI is InChI=1S/C26H35Cl2N3O5S/c1-6-8-14-29-26(33)22(7-2)30(16-19-20(27)10-9-11-21(19)28)25(32)17-31(37(5,34)35)23-15-18(3)12-13-24(23)36-4/h9-13,15,22H,6-8,14,16-17H2,1-5H3,(H,29,33). The molecule has 0 aliphatic rings. The van der Waals surface area contributed by atoms with E-state index >= 15 is 0 Å². The van der Waals surface area contributed by atoms with Crippen molar-refractivity contribution in [1.82, 2.24) is 10.2 Å². The van der Waals surface area contributed by atoms with Gasteiger partial charge in [-0.15, -0.1) is 0 Å². The number of carbonyl (C=O) groups is 2. The zero-order valence-corrected chi connectivity index (χ0v) is 24.2. The maximum atomic E-state index is 13.8.